The van der Waals surface area contributed by atoms with E-state index < -0.39 is 5.91 Å². The van der Waals surface area contributed by atoms with Crippen molar-refractivity contribution in [3.05, 3.63) is 47.5 Å². The summed E-state index contributed by atoms with van der Waals surface area (Å²) in [6, 6.07) is 10.5. The molecule has 144 valence electrons. The normalized spacial score (nSPS) is 10.2. The van der Waals surface area contributed by atoms with E-state index in [1.54, 1.807) is 0 Å². The standard InChI is InChI=1S/C20H24N2O5/c1-4-27-16-8-6-5-7-13(16)9-10-19(23)22-15-12-18(26-3)17(25-2)11-14(15)20(21)24/h5-8,11-12H,4,9-10H2,1-3H3,(H2,21,24)(H,22,23). The van der Waals surface area contributed by atoms with Crippen LogP contribution in [0.1, 0.15) is 29.3 Å². The molecule has 0 aliphatic heterocycles. The maximum absolute atomic E-state index is 12.4. The quantitative estimate of drug-likeness (QED) is 0.705. The van der Waals surface area contributed by atoms with Gasteiger partial charge in [0.25, 0.3) is 5.91 Å². The molecule has 2 rings (SSSR count). The van der Waals surface area contributed by atoms with Crippen molar-refractivity contribution in [2.24, 2.45) is 5.73 Å². The molecule has 0 atom stereocenters. The van der Waals surface area contributed by atoms with Crippen molar-refractivity contribution in [1.29, 1.82) is 0 Å². The van der Waals surface area contributed by atoms with E-state index in [2.05, 4.69) is 5.32 Å². The molecule has 0 aliphatic carbocycles. The summed E-state index contributed by atoms with van der Waals surface area (Å²) in [4.78, 5) is 24.1. The monoisotopic (exact) mass is 372 g/mol. The van der Waals surface area contributed by atoms with Crippen molar-refractivity contribution in [2.75, 3.05) is 26.1 Å². The Hall–Kier alpha value is -3.22. The first-order valence-electron chi connectivity index (χ1n) is 8.56. The average Bonchev–Trinajstić information content (AvgIpc) is 2.67. The van der Waals surface area contributed by atoms with Gasteiger partial charge in [-0.3, -0.25) is 9.59 Å². The van der Waals surface area contributed by atoms with Crippen molar-refractivity contribution in [2.45, 2.75) is 19.8 Å². The van der Waals surface area contributed by atoms with E-state index >= 15 is 0 Å². The van der Waals surface area contributed by atoms with Crippen LogP contribution < -0.4 is 25.3 Å². The summed E-state index contributed by atoms with van der Waals surface area (Å²) < 4.78 is 16.0. The Kier molecular flexibility index (Phi) is 7.05. The number of hydrogen-bond acceptors (Lipinski definition) is 5. The molecule has 0 saturated heterocycles. The number of ether oxygens (including phenoxy) is 3. The summed E-state index contributed by atoms with van der Waals surface area (Å²) in [7, 11) is 2.93. The van der Waals surface area contributed by atoms with Gasteiger partial charge in [0.05, 0.1) is 32.1 Å². The van der Waals surface area contributed by atoms with Crippen molar-refractivity contribution < 1.29 is 23.8 Å². The lowest BCUT2D eigenvalue weighted by molar-refractivity contribution is -0.116. The zero-order valence-electron chi connectivity index (χ0n) is 15.7. The highest BCUT2D eigenvalue weighted by atomic mass is 16.5. The Morgan fingerprint density at radius 1 is 1.04 bits per heavy atom. The molecule has 7 nitrogen and oxygen atoms in total. The van der Waals surface area contributed by atoms with Gasteiger partial charge >= 0.3 is 0 Å². The van der Waals surface area contributed by atoms with Gasteiger partial charge in [-0.05, 0) is 31.0 Å². The number of methoxy groups -OCH3 is 2. The van der Waals surface area contributed by atoms with Crippen LogP contribution in [0.4, 0.5) is 5.69 Å². The molecule has 2 aromatic rings. The average molecular weight is 372 g/mol. The fourth-order valence-corrected chi connectivity index (χ4v) is 2.65. The molecule has 7 heteroatoms. The summed E-state index contributed by atoms with van der Waals surface area (Å²) in [6.45, 7) is 2.46. The highest BCUT2D eigenvalue weighted by molar-refractivity contribution is 6.03. The first-order chi connectivity index (χ1) is 13.0. The van der Waals surface area contributed by atoms with E-state index in [-0.39, 0.29) is 23.6 Å². The third-order valence-electron chi connectivity index (χ3n) is 3.96. The summed E-state index contributed by atoms with van der Waals surface area (Å²) in [5.74, 6) is 0.579. The number of aryl methyl sites for hydroxylation is 1. The van der Waals surface area contributed by atoms with Crippen LogP contribution in [0.5, 0.6) is 17.2 Å². The second kappa shape index (κ2) is 9.47. The zero-order chi connectivity index (χ0) is 19.8. The van der Waals surface area contributed by atoms with Crippen LogP contribution in [-0.2, 0) is 11.2 Å². The van der Waals surface area contributed by atoms with Crippen LogP contribution >= 0.6 is 0 Å². The number of nitrogens with one attached hydrogen (secondary N) is 1. The topological polar surface area (TPSA) is 99.9 Å². The number of carbonyl (C=O) groups is 2. The largest absolute Gasteiger partial charge is 0.494 e. The number of para-hydroxylation sites is 1. The van der Waals surface area contributed by atoms with Gasteiger partial charge in [0.15, 0.2) is 11.5 Å². The number of amides is 2. The molecule has 0 heterocycles. The fourth-order valence-electron chi connectivity index (χ4n) is 2.65. The van der Waals surface area contributed by atoms with E-state index in [1.807, 2.05) is 31.2 Å². The predicted octanol–water partition coefficient (Wildman–Crippen LogP) is 2.77. The Morgan fingerprint density at radius 2 is 1.70 bits per heavy atom. The highest BCUT2D eigenvalue weighted by Gasteiger charge is 2.17. The lowest BCUT2D eigenvalue weighted by Gasteiger charge is -2.14. The third kappa shape index (κ3) is 5.13. The lowest BCUT2D eigenvalue weighted by Crippen LogP contribution is -2.19. The molecule has 0 unspecified atom stereocenters. The Labute approximate surface area is 158 Å². The van der Waals surface area contributed by atoms with Crippen LogP contribution in [-0.4, -0.2) is 32.6 Å². The first-order valence-corrected chi connectivity index (χ1v) is 8.56. The molecule has 2 aromatic carbocycles. The van der Waals surface area contributed by atoms with Gasteiger partial charge in [-0.2, -0.15) is 0 Å². The van der Waals surface area contributed by atoms with Gasteiger partial charge in [0.2, 0.25) is 5.91 Å². The Balaban J connectivity index is 2.15. The van der Waals surface area contributed by atoms with Gasteiger partial charge in [-0.15, -0.1) is 0 Å². The molecule has 27 heavy (non-hydrogen) atoms. The number of nitrogens with two attached hydrogens (primary N) is 1. The predicted molar refractivity (Wildman–Crippen MR) is 103 cm³/mol. The molecular formula is C20H24N2O5. The van der Waals surface area contributed by atoms with Crippen molar-refractivity contribution >= 4 is 17.5 Å². The zero-order valence-corrected chi connectivity index (χ0v) is 15.7. The molecule has 0 aliphatic rings. The third-order valence-corrected chi connectivity index (χ3v) is 3.96. The SMILES string of the molecule is CCOc1ccccc1CCC(=O)Nc1cc(OC)c(OC)cc1C(N)=O. The second-order valence-electron chi connectivity index (χ2n) is 5.71. The molecule has 0 spiro atoms. The van der Waals surface area contributed by atoms with E-state index in [0.717, 1.165) is 11.3 Å². The summed E-state index contributed by atoms with van der Waals surface area (Å²) in [6.07, 6.45) is 0.720. The maximum Gasteiger partial charge on any atom is 0.250 e. The van der Waals surface area contributed by atoms with Gasteiger partial charge < -0.3 is 25.3 Å². The van der Waals surface area contributed by atoms with Gasteiger partial charge in [0.1, 0.15) is 5.75 Å². The van der Waals surface area contributed by atoms with Crippen LogP contribution in [0, 0.1) is 0 Å². The summed E-state index contributed by atoms with van der Waals surface area (Å²) in [5, 5.41) is 2.72. The van der Waals surface area contributed by atoms with Gasteiger partial charge in [-0.1, -0.05) is 18.2 Å². The second-order valence-corrected chi connectivity index (χ2v) is 5.71. The van der Waals surface area contributed by atoms with Crippen LogP contribution in [0.2, 0.25) is 0 Å². The molecule has 3 N–H and O–H groups in total. The number of hydrogen-bond donors (Lipinski definition) is 2. The molecule has 0 radical (unpaired) electrons. The van der Waals surface area contributed by atoms with Crippen LogP contribution in [0.25, 0.3) is 0 Å². The molecule has 2 amide bonds. The van der Waals surface area contributed by atoms with Gasteiger partial charge in [-0.25, -0.2) is 0 Å². The van der Waals surface area contributed by atoms with E-state index in [1.165, 1.54) is 26.4 Å². The van der Waals surface area contributed by atoms with E-state index in [9.17, 15) is 9.59 Å². The van der Waals surface area contributed by atoms with E-state index in [4.69, 9.17) is 19.9 Å². The van der Waals surface area contributed by atoms with Crippen molar-refractivity contribution in [3.63, 3.8) is 0 Å². The van der Waals surface area contributed by atoms with E-state index in [0.29, 0.717) is 24.5 Å². The minimum atomic E-state index is -0.673. The summed E-state index contributed by atoms with van der Waals surface area (Å²) >= 11 is 0. The number of primary amides is 1. The first kappa shape index (κ1) is 20.1. The number of rotatable bonds is 9. The highest BCUT2D eigenvalue weighted by Crippen LogP contribution is 2.33. The van der Waals surface area contributed by atoms with Crippen molar-refractivity contribution in [1.82, 2.24) is 0 Å². The Morgan fingerprint density at radius 3 is 2.33 bits per heavy atom. The van der Waals surface area contributed by atoms with Crippen LogP contribution in [0.15, 0.2) is 36.4 Å². The minimum Gasteiger partial charge on any atom is -0.494 e. The van der Waals surface area contributed by atoms with Gasteiger partial charge in [0, 0.05) is 12.5 Å². The number of anilines is 1. The molecular weight excluding hydrogens is 348 g/mol. The number of carbonyl (C=O) groups excluding carboxylic acids is 2. The number of benzene rings is 2. The molecule has 0 saturated carbocycles. The van der Waals surface area contributed by atoms with Crippen LogP contribution in [0.3, 0.4) is 0 Å². The maximum atomic E-state index is 12.4. The summed E-state index contributed by atoms with van der Waals surface area (Å²) in [5.41, 5.74) is 6.79. The Bertz CT molecular complexity index is 820. The molecule has 0 bridgehead atoms. The molecule has 0 aromatic heterocycles. The fraction of sp³-hybridized carbons (Fsp3) is 0.300. The minimum absolute atomic E-state index is 0.149. The smallest absolute Gasteiger partial charge is 0.250 e. The van der Waals surface area contributed by atoms with Crippen molar-refractivity contribution in [3.8, 4) is 17.2 Å². The lowest BCUT2D eigenvalue weighted by atomic mass is 10.1. The molecule has 0 fully saturated rings.